The average Bonchev–Trinajstić information content (AvgIpc) is 3.30. The molecule has 1 unspecified atom stereocenters. The highest BCUT2D eigenvalue weighted by Gasteiger charge is 2.53. The van der Waals surface area contributed by atoms with Gasteiger partial charge in [-0.05, 0) is 6.26 Å². The number of amides is 2. The van der Waals surface area contributed by atoms with Gasteiger partial charge < -0.3 is 25.8 Å². The average molecular weight is 548 g/mol. The second kappa shape index (κ2) is 11.1. The quantitative estimate of drug-likeness (QED) is 0.0727. The summed E-state index contributed by atoms with van der Waals surface area (Å²) in [7, 11) is 0. The second-order valence-electron chi connectivity index (χ2n) is 7.49. The van der Waals surface area contributed by atoms with E-state index in [0.717, 1.165) is 21.3 Å². The van der Waals surface area contributed by atoms with Gasteiger partial charge in [-0.2, -0.15) is 9.36 Å². The number of pyridine rings is 1. The maximum Gasteiger partial charge on any atom is 0.278 e. The van der Waals surface area contributed by atoms with E-state index in [1.807, 2.05) is 35.3 Å². The van der Waals surface area contributed by atoms with Gasteiger partial charge in [0.25, 0.3) is 11.8 Å². The lowest BCUT2D eigenvalue weighted by Gasteiger charge is -2.50. The van der Waals surface area contributed by atoms with Crippen molar-refractivity contribution in [3.63, 3.8) is 0 Å². The molecule has 0 bridgehead atoms. The summed E-state index contributed by atoms with van der Waals surface area (Å²) in [6, 6.07) is 2.87. The first-order valence-electron chi connectivity index (χ1n) is 10.5. The number of thioether (sulfide) groups is 2. The zero-order chi connectivity index (χ0) is 25.8. The predicted octanol–water partition coefficient (Wildman–Crippen LogP) is -0.859. The fraction of sp³-hybridized carbons (Fsp3) is 0.286. The van der Waals surface area contributed by atoms with Crippen molar-refractivity contribution < 1.29 is 28.9 Å². The lowest BCUT2D eigenvalue weighted by atomic mass is 10.0. The number of fused-ring (bicyclic) bond motifs is 1. The highest BCUT2D eigenvalue weighted by Crippen LogP contribution is 2.40. The van der Waals surface area contributed by atoms with Crippen LogP contribution in [-0.2, 0) is 25.8 Å². The van der Waals surface area contributed by atoms with Gasteiger partial charge in [0.1, 0.15) is 18.0 Å². The maximum absolute atomic E-state index is 13.0. The number of anilines is 1. The number of rotatable bonds is 10. The van der Waals surface area contributed by atoms with Gasteiger partial charge in [-0.15, -0.1) is 23.5 Å². The number of nitrogens with one attached hydrogen (secondary N) is 1. The van der Waals surface area contributed by atoms with Crippen LogP contribution in [-0.4, -0.2) is 67.8 Å². The number of nitrogen functional groups attached to an aromatic ring is 1. The van der Waals surface area contributed by atoms with Gasteiger partial charge in [0.05, 0.1) is 11.7 Å². The van der Waals surface area contributed by atoms with E-state index in [1.54, 1.807) is 11.8 Å². The SMILES string of the molecule is C=CCON=C(C(=O)NC1C(=O)N2C(C(=O)[O-])=C(C[n+]3ccc(SC)cc3)CS[C@@H]12)c1nsc(N)n1. The molecule has 15 heteroatoms. The normalized spacial score (nSPS) is 19.4. The van der Waals surface area contributed by atoms with Crippen LogP contribution in [0.2, 0.25) is 0 Å². The van der Waals surface area contributed by atoms with Crippen molar-refractivity contribution >= 4 is 63.7 Å². The molecule has 0 aromatic carbocycles. The number of oxime groups is 1. The molecular formula is C21H21N7O5S3. The largest absolute Gasteiger partial charge is 0.543 e. The van der Waals surface area contributed by atoms with Crippen LogP contribution in [0, 0.1) is 0 Å². The maximum atomic E-state index is 13.0. The highest BCUT2D eigenvalue weighted by molar-refractivity contribution is 8.00. The van der Waals surface area contributed by atoms with Crippen LogP contribution in [0.5, 0.6) is 0 Å². The van der Waals surface area contributed by atoms with Crippen LogP contribution in [0.4, 0.5) is 5.13 Å². The van der Waals surface area contributed by atoms with E-state index in [1.165, 1.54) is 17.8 Å². The van der Waals surface area contributed by atoms with Crippen molar-refractivity contribution in [1.82, 2.24) is 19.6 Å². The molecule has 2 aliphatic heterocycles. The Morgan fingerprint density at radius 1 is 1.47 bits per heavy atom. The Balaban J connectivity index is 1.52. The van der Waals surface area contributed by atoms with Gasteiger partial charge in [0, 0.05) is 39.9 Å². The van der Waals surface area contributed by atoms with E-state index < -0.39 is 29.2 Å². The number of hydrogen-bond acceptors (Lipinski definition) is 12. The Hall–Kier alpha value is -3.43. The molecule has 12 nitrogen and oxygen atoms in total. The van der Waals surface area contributed by atoms with Crippen molar-refractivity contribution in [2.75, 3.05) is 24.3 Å². The second-order valence-corrected chi connectivity index (χ2v) is 10.3. The molecule has 0 radical (unpaired) electrons. The Morgan fingerprint density at radius 3 is 2.83 bits per heavy atom. The zero-order valence-corrected chi connectivity index (χ0v) is 21.4. The molecule has 4 heterocycles. The van der Waals surface area contributed by atoms with Crippen molar-refractivity contribution in [1.29, 1.82) is 0 Å². The third-order valence-electron chi connectivity index (χ3n) is 5.21. The number of β-lactam (4-membered cyclic amide) rings is 1. The zero-order valence-electron chi connectivity index (χ0n) is 18.9. The van der Waals surface area contributed by atoms with Gasteiger partial charge in [-0.25, -0.2) is 4.57 Å². The van der Waals surface area contributed by atoms with E-state index in [0.29, 0.717) is 11.3 Å². The minimum atomic E-state index is -1.45. The minimum Gasteiger partial charge on any atom is -0.543 e. The molecule has 2 aromatic heterocycles. The Morgan fingerprint density at radius 2 is 2.22 bits per heavy atom. The number of aliphatic carboxylic acids is 1. The van der Waals surface area contributed by atoms with Crippen molar-refractivity contribution in [3.8, 4) is 0 Å². The Kier molecular flexibility index (Phi) is 7.91. The molecule has 0 spiro atoms. The van der Waals surface area contributed by atoms with Crippen LogP contribution in [0.25, 0.3) is 0 Å². The van der Waals surface area contributed by atoms with E-state index in [2.05, 4.69) is 26.4 Å². The molecule has 3 N–H and O–H groups in total. The third-order valence-corrected chi connectivity index (χ3v) is 7.84. The van der Waals surface area contributed by atoms with Crippen LogP contribution >= 0.6 is 35.1 Å². The number of aromatic nitrogens is 3. The molecule has 1 saturated heterocycles. The Bertz CT molecular complexity index is 1260. The van der Waals surface area contributed by atoms with Gasteiger partial charge >= 0.3 is 0 Å². The standard InChI is InChI=1S/C21H21N7O5S3/c1-3-8-33-25-13(16-24-21(22)36-26-16)17(29)23-14-18(30)28-15(20(31)32)11(10-35-19(14)28)9-27-6-4-12(34-2)5-7-27/h3-7,14,19H,1,8-10H2,2H3,(H3-,22,23,24,26,29,31,32)/t14?,19-/m0/s1. The fourth-order valence-corrected chi connectivity index (χ4v) is 5.74. The molecule has 2 aliphatic rings. The number of carbonyl (C=O) groups excluding carboxylic acids is 3. The molecule has 0 saturated carbocycles. The molecule has 2 atom stereocenters. The lowest BCUT2D eigenvalue weighted by Crippen LogP contribution is -2.71. The van der Waals surface area contributed by atoms with E-state index in [9.17, 15) is 19.5 Å². The third kappa shape index (κ3) is 5.22. The molecule has 2 amide bonds. The first-order chi connectivity index (χ1) is 17.3. The summed E-state index contributed by atoms with van der Waals surface area (Å²) < 4.78 is 5.81. The molecule has 4 rings (SSSR count). The van der Waals surface area contributed by atoms with Crippen molar-refractivity contribution in [2.24, 2.45) is 5.16 Å². The van der Waals surface area contributed by atoms with Gasteiger partial charge in [-0.1, -0.05) is 17.8 Å². The molecular weight excluding hydrogens is 526 g/mol. The van der Waals surface area contributed by atoms with E-state index in [4.69, 9.17) is 10.6 Å². The smallest absolute Gasteiger partial charge is 0.278 e. The summed E-state index contributed by atoms with van der Waals surface area (Å²) in [5.74, 6) is -2.49. The summed E-state index contributed by atoms with van der Waals surface area (Å²) in [5, 5.41) is 17.9. The van der Waals surface area contributed by atoms with Crippen LogP contribution < -0.4 is 20.7 Å². The first-order valence-corrected chi connectivity index (χ1v) is 13.5. The van der Waals surface area contributed by atoms with Gasteiger partial charge in [-0.3, -0.25) is 14.5 Å². The monoisotopic (exact) mass is 547 g/mol. The summed E-state index contributed by atoms with van der Waals surface area (Å²) in [4.78, 5) is 49.2. The van der Waals surface area contributed by atoms with Crippen LogP contribution in [0.3, 0.4) is 0 Å². The van der Waals surface area contributed by atoms with Crippen LogP contribution in [0.15, 0.2) is 58.5 Å². The van der Waals surface area contributed by atoms with Crippen molar-refractivity contribution in [3.05, 3.63) is 54.3 Å². The van der Waals surface area contributed by atoms with Gasteiger partial charge in [0.2, 0.25) is 11.5 Å². The number of carbonyl (C=O) groups is 3. The Labute approximate surface area is 218 Å². The van der Waals surface area contributed by atoms with Crippen molar-refractivity contribution in [2.45, 2.75) is 22.9 Å². The number of nitrogens with two attached hydrogens (primary N) is 1. The summed E-state index contributed by atoms with van der Waals surface area (Å²) in [6.45, 7) is 3.83. The molecule has 0 aliphatic carbocycles. The van der Waals surface area contributed by atoms with Gasteiger partial charge in [0.15, 0.2) is 24.1 Å². The molecule has 2 aromatic rings. The van der Waals surface area contributed by atoms with E-state index >= 15 is 0 Å². The summed E-state index contributed by atoms with van der Waals surface area (Å²) in [6.07, 6.45) is 7.09. The summed E-state index contributed by atoms with van der Waals surface area (Å²) >= 11 is 3.81. The fourth-order valence-electron chi connectivity index (χ4n) is 3.58. The topological polar surface area (TPSA) is 167 Å². The minimum absolute atomic E-state index is 0.0333. The lowest BCUT2D eigenvalue weighted by molar-refractivity contribution is -0.689. The van der Waals surface area contributed by atoms with Crippen LogP contribution in [0.1, 0.15) is 5.82 Å². The summed E-state index contributed by atoms with van der Waals surface area (Å²) in [5.41, 5.74) is 5.71. The molecule has 36 heavy (non-hydrogen) atoms. The van der Waals surface area contributed by atoms with E-state index in [-0.39, 0.29) is 35.5 Å². The number of carboxylic acids is 1. The number of hydrogen-bond donors (Lipinski definition) is 2. The highest BCUT2D eigenvalue weighted by atomic mass is 32.2. The molecule has 188 valence electrons. The predicted molar refractivity (Wildman–Crippen MR) is 132 cm³/mol. The number of nitrogens with zero attached hydrogens (tertiary/aromatic N) is 5. The first kappa shape index (κ1) is 25.7. The number of carboxylic acid groups (broad SMARTS) is 1. The molecule has 1 fully saturated rings.